The minimum Gasteiger partial charge on any atom is -0.370 e. The third-order valence-corrected chi connectivity index (χ3v) is 5.78. The van der Waals surface area contributed by atoms with Gasteiger partial charge in [-0.15, -0.1) is 0 Å². The highest BCUT2D eigenvalue weighted by molar-refractivity contribution is 7.91. The van der Waals surface area contributed by atoms with E-state index >= 15 is 0 Å². The van der Waals surface area contributed by atoms with Crippen LogP contribution < -0.4 is 10.2 Å². The summed E-state index contributed by atoms with van der Waals surface area (Å²) in [5.41, 5.74) is 0. The number of nitrogens with one attached hydrogen (secondary N) is 1. The molecule has 0 aliphatic carbocycles. The Morgan fingerprint density at radius 2 is 2.04 bits per heavy atom. The fourth-order valence-electron chi connectivity index (χ4n) is 2.70. The quantitative estimate of drug-likeness (QED) is 0.734. The van der Waals surface area contributed by atoms with Gasteiger partial charge in [-0.25, -0.2) is 18.4 Å². The molecule has 130 valence electrons. The number of rotatable bonds is 7. The van der Waals surface area contributed by atoms with Crippen molar-refractivity contribution < 1.29 is 8.42 Å². The summed E-state index contributed by atoms with van der Waals surface area (Å²) in [6.07, 6.45) is 1.69. The number of hydrogen-bond acceptors (Lipinski definition) is 7. The van der Waals surface area contributed by atoms with Crippen LogP contribution in [0.3, 0.4) is 0 Å². The van der Waals surface area contributed by atoms with Crippen molar-refractivity contribution in [1.29, 1.82) is 0 Å². The number of aromatic nitrogens is 2. The molecule has 1 N–H and O–H groups in total. The Labute approximate surface area is 139 Å². The van der Waals surface area contributed by atoms with Crippen molar-refractivity contribution >= 4 is 21.5 Å². The van der Waals surface area contributed by atoms with E-state index in [0.717, 1.165) is 31.1 Å². The van der Waals surface area contributed by atoms with Gasteiger partial charge in [0.25, 0.3) is 0 Å². The SMILES string of the molecule is Cc1nc(NCCCN(C)C)cc(N(C)C2CCS(=O)(=O)C2)n1. The van der Waals surface area contributed by atoms with Crippen LogP contribution in [-0.2, 0) is 9.84 Å². The Balaban J connectivity index is 2.02. The first-order valence-corrected chi connectivity index (χ1v) is 9.76. The molecule has 1 unspecified atom stereocenters. The third kappa shape index (κ3) is 5.31. The highest BCUT2D eigenvalue weighted by atomic mass is 32.2. The number of aryl methyl sites for hydroxylation is 1. The van der Waals surface area contributed by atoms with E-state index < -0.39 is 9.84 Å². The number of anilines is 2. The molecule has 1 aliphatic heterocycles. The third-order valence-electron chi connectivity index (χ3n) is 4.03. The average molecular weight is 341 g/mol. The normalized spacial score (nSPS) is 20.0. The summed E-state index contributed by atoms with van der Waals surface area (Å²) in [5, 5.41) is 3.32. The van der Waals surface area contributed by atoms with Gasteiger partial charge < -0.3 is 15.1 Å². The molecule has 0 amide bonds. The van der Waals surface area contributed by atoms with E-state index in [9.17, 15) is 8.42 Å². The molecule has 23 heavy (non-hydrogen) atoms. The molecular formula is C15H27N5O2S. The molecule has 2 rings (SSSR count). The van der Waals surface area contributed by atoms with Crippen molar-refractivity contribution in [1.82, 2.24) is 14.9 Å². The summed E-state index contributed by atoms with van der Waals surface area (Å²) in [6.45, 7) is 3.72. The average Bonchev–Trinajstić information content (AvgIpc) is 2.82. The van der Waals surface area contributed by atoms with Crippen molar-refractivity contribution in [3.8, 4) is 0 Å². The molecule has 1 aromatic heterocycles. The lowest BCUT2D eigenvalue weighted by Crippen LogP contribution is -2.33. The van der Waals surface area contributed by atoms with E-state index in [1.165, 1.54) is 0 Å². The molecule has 1 saturated heterocycles. The Bertz CT molecular complexity index is 633. The first-order valence-electron chi connectivity index (χ1n) is 7.94. The van der Waals surface area contributed by atoms with Gasteiger partial charge in [-0.3, -0.25) is 0 Å². The largest absolute Gasteiger partial charge is 0.370 e. The van der Waals surface area contributed by atoms with Crippen LogP contribution in [0.5, 0.6) is 0 Å². The fraction of sp³-hybridized carbons (Fsp3) is 0.733. The Hall–Kier alpha value is -1.41. The van der Waals surface area contributed by atoms with Crippen molar-refractivity contribution in [3.63, 3.8) is 0 Å². The summed E-state index contributed by atoms with van der Waals surface area (Å²) in [7, 11) is 3.11. The molecule has 1 fully saturated rings. The molecule has 2 heterocycles. The van der Waals surface area contributed by atoms with Crippen molar-refractivity contribution in [2.45, 2.75) is 25.8 Å². The smallest absolute Gasteiger partial charge is 0.152 e. The molecule has 7 nitrogen and oxygen atoms in total. The molecule has 1 atom stereocenters. The van der Waals surface area contributed by atoms with Gasteiger partial charge in [-0.2, -0.15) is 0 Å². The number of hydrogen-bond donors (Lipinski definition) is 1. The highest BCUT2D eigenvalue weighted by Gasteiger charge is 2.31. The second-order valence-corrected chi connectivity index (χ2v) is 8.64. The van der Waals surface area contributed by atoms with E-state index in [-0.39, 0.29) is 17.5 Å². The lowest BCUT2D eigenvalue weighted by atomic mass is 10.2. The monoisotopic (exact) mass is 341 g/mol. The Kier molecular flexibility index (Phi) is 5.80. The first-order chi connectivity index (χ1) is 10.8. The maximum Gasteiger partial charge on any atom is 0.152 e. The van der Waals surface area contributed by atoms with Gasteiger partial charge in [0.2, 0.25) is 0 Å². The van der Waals surface area contributed by atoms with Crippen LogP contribution >= 0.6 is 0 Å². The summed E-state index contributed by atoms with van der Waals surface area (Å²) >= 11 is 0. The van der Waals surface area contributed by atoms with Gasteiger partial charge in [-0.05, 0) is 40.4 Å². The molecule has 0 saturated carbocycles. The second-order valence-electron chi connectivity index (χ2n) is 6.41. The lowest BCUT2D eigenvalue weighted by molar-refractivity contribution is 0.405. The lowest BCUT2D eigenvalue weighted by Gasteiger charge is -2.25. The first kappa shape index (κ1) is 17.9. The number of sulfone groups is 1. The Morgan fingerprint density at radius 3 is 2.65 bits per heavy atom. The maximum absolute atomic E-state index is 11.7. The molecular weight excluding hydrogens is 314 g/mol. The van der Waals surface area contributed by atoms with Gasteiger partial charge in [0.05, 0.1) is 11.5 Å². The van der Waals surface area contributed by atoms with Crippen molar-refractivity contribution in [2.75, 3.05) is 56.0 Å². The van der Waals surface area contributed by atoms with E-state index in [0.29, 0.717) is 12.2 Å². The van der Waals surface area contributed by atoms with Crippen LogP contribution in [0.15, 0.2) is 6.07 Å². The Morgan fingerprint density at radius 1 is 1.30 bits per heavy atom. The van der Waals surface area contributed by atoms with Crippen LogP contribution in [0.4, 0.5) is 11.6 Å². The van der Waals surface area contributed by atoms with Crippen LogP contribution in [0, 0.1) is 6.92 Å². The minimum absolute atomic E-state index is 0.00380. The zero-order chi connectivity index (χ0) is 17.0. The van der Waals surface area contributed by atoms with Crippen molar-refractivity contribution in [3.05, 3.63) is 11.9 Å². The molecule has 0 radical (unpaired) electrons. The summed E-state index contributed by atoms with van der Waals surface area (Å²) < 4.78 is 23.3. The molecule has 0 spiro atoms. The van der Waals surface area contributed by atoms with E-state index in [1.54, 1.807) is 0 Å². The van der Waals surface area contributed by atoms with E-state index in [4.69, 9.17) is 0 Å². The van der Waals surface area contributed by atoms with Crippen LogP contribution in [0.2, 0.25) is 0 Å². The predicted octanol–water partition coefficient (Wildman–Crippen LogP) is 0.772. The molecule has 0 aromatic carbocycles. The van der Waals surface area contributed by atoms with E-state index in [1.807, 2.05) is 24.9 Å². The highest BCUT2D eigenvalue weighted by Crippen LogP contribution is 2.23. The molecule has 1 aliphatic rings. The van der Waals surface area contributed by atoms with Gasteiger partial charge in [-0.1, -0.05) is 0 Å². The van der Waals surface area contributed by atoms with Gasteiger partial charge in [0, 0.05) is 25.7 Å². The molecule has 0 bridgehead atoms. The summed E-state index contributed by atoms with van der Waals surface area (Å²) in [6, 6.07) is 1.89. The van der Waals surface area contributed by atoms with Crippen molar-refractivity contribution in [2.24, 2.45) is 0 Å². The number of nitrogens with zero attached hydrogens (tertiary/aromatic N) is 4. The molecule has 8 heteroatoms. The van der Waals surface area contributed by atoms with Crippen LogP contribution in [0.25, 0.3) is 0 Å². The van der Waals surface area contributed by atoms with Gasteiger partial charge in [0.1, 0.15) is 17.5 Å². The predicted molar refractivity (Wildman–Crippen MR) is 93.9 cm³/mol. The summed E-state index contributed by atoms with van der Waals surface area (Å²) in [4.78, 5) is 13.0. The van der Waals surface area contributed by atoms with Crippen LogP contribution in [0.1, 0.15) is 18.7 Å². The topological polar surface area (TPSA) is 78.4 Å². The standard InChI is InChI=1S/C15H27N5O2S/c1-12-17-14(16-7-5-8-19(2)3)10-15(18-12)20(4)13-6-9-23(21,22)11-13/h10,13H,5-9,11H2,1-4H3,(H,16,17,18). The fourth-order valence-corrected chi connectivity index (χ4v) is 4.48. The molecule has 1 aromatic rings. The summed E-state index contributed by atoms with van der Waals surface area (Å²) in [5.74, 6) is 2.72. The zero-order valence-corrected chi connectivity index (χ0v) is 15.2. The van der Waals surface area contributed by atoms with E-state index in [2.05, 4.69) is 34.3 Å². The van der Waals surface area contributed by atoms with Gasteiger partial charge >= 0.3 is 0 Å². The van der Waals surface area contributed by atoms with Crippen LogP contribution in [-0.4, -0.2) is 75.1 Å². The second kappa shape index (κ2) is 7.44. The zero-order valence-electron chi connectivity index (χ0n) is 14.4. The minimum atomic E-state index is -2.90. The van der Waals surface area contributed by atoms with Gasteiger partial charge in [0.15, 0.2) is 9.84 Å². The maximum atomic E-state index is 11.7.